The summed E-state index contributed by atoms with van der Waals surface area (Å²) < 4.78 is 0. The van der Waals surface area contributed by atoms with Crippen molar-refractivity contribution >= 4 is 11.8 Å². The molecule has 1 atom stereocenters. The largest absolute Gasteiger partial charge is 0.339 e. The Morgan fingerprint density at radius 1 is 1.26 bits per heavy atom. The highest BCUT2D eigenvalue weighted by Crippen LogP contribution is 2.45. The molecule has 1 heterocycles. The molecule has 1 saturated heterocycles. The molecule has 1 unspecified atom stereocenters. The Kier molecular flexibility index (Phi) is 2.81. The van der Waals surface area contributed by atoms with E-state index in [9.17, 15) is 9.59 Å². The van der Waals surface area contributed by atoms with E-state index in [1.54, 1.807) is 4.90 Å². The van der Waals surface area contributed by atoms with Crippen LogP contribution in [0, 0.1) is 5.41 Å². The van der Waals surface area contributed by atoms with Gasteiger partial charge in [-0.15, -0.1) is 0 Å². The molecule has 0 bridgehead atoms. The van der Waals surface area contributed by atoms with Crippen molar-refractivity contribution in [2.45, 2.75) is 25.8 Å². The third-order valence-corrected chi connectivity index (χ3v) is 4.01. The zero-order valence-electron chi connectivity index (χ0n) is 11.1. The number of amides is 2. The van der Waals surface area contributed by atoms with E-state index in [1.807, 2.05) is 30.3 Å². The summed E-state index contributed by atoms with van der Waals surface area (Å²) in [6.45, 7) is 3.06. The number of nitrogens with zero attached hydrogens (tertiary/aromatic N) is 1. The van der Waals surface area contributed by atoms with Gasteiger partial charge in [-0.1, -0.05) is 37.3 Å². The summed E-state index contributed by atoms with van der Waals surface area (Å²) in [7, 11) is 0. The van der Waals surface area contributed by atoms with Crippen LogP contribution in [0.5, 0.6) is 0 Å². The van der Waals surface area contributed by atoms with Crippen molar-refractivity contribution in [1.82, 2.24) is 10.2 Å². The van der Waals surface area contributed by atoms with Crippen LogP contribution in [0.15, 0.2) is 30.3 Å². The number of carbonyl (C=O) groups is 2. The minimum atomic E-state index is -0.523. The van der Waals surface area contributed by atoms with E-state index in [0.29, 0.717) is 6.54 Å². The number of rotatable bonds is 3. The van der Waals surface area contributed by atoms with Crippen molar-refractivity contribution in [3.63, 3.8) is 0 Å². The lowest BCUT2D eigenvalue weighted by molar-refractivity contribution is -0.145. The normalized spacial score (nSPS) is 25.1. The van der Waals surface area contributed by atoms with Gasteiger partial charge in [0, 0.05) is 6.54 Å². The first-order valence-electron chi connectivity index (χ1n) is 6.71. The average molecular weight is 258 g/mol. The smallest absolute Gasteiger partial charge is 0.250 e. The number of carbonyl (C=O) groups excluding carboxylic acids is 2. The molecular weight excluding hydrogens is 240 g/mol. The molecule has 1 aromatic rings. The molecule has 1 N–H and O–H groups in total. The van der Waals surface area contributed by atoms with Crippen LogP contribution in [0.1, 0.15) is 31.4 Å². The Morgan fingerprint density at radius 3 is 2.58 bits per heavy atom. The molecule has 19 heavy (non-hydrogen) atoms. The molecule has 4 nitrogen and oxygen atoms in total. The molecule has 3 rings (SSSR count). The molecule has 100 valence electrons. The van der Waals surface area contributed by atoms with E-state index in [1.165, 1.54) is 0 Å². The summed E-state index contributed by atoms with van der Waals surface area (Å²) >= 11 is 0. The van der Waals surface area contributed by atoms with Crippen LogP contribution in [0.3, 0.4) is 0 Å². The summed E-state index contributed by atoms with van der Waals surface area (Å²) in [6.07, 6.45) is 2.29. The van der Waals surface area contributed by atoms with Gasteiger partial charge in [-0.3, -0.25) is 9.59 Å². The summed E-state index contributed by atoms with van der Waals surface area (Å²) in [5, 5.41) is 2.79. The first-order valence-corrected chi connectivity index (χ1v) is 6.71. The zero-order valence-corrected chi connectivity index (χ0v) is 11.1. The molecule has 0 spiro atoms. The standard InChI is InChI=1S/C15H18N2O2/c1-15(7-8-15)10-17-9-12(18)16-13(14(17)19)11-5-3-2-4-6-11/h2-6,13H,7-10H2,1H3,(H,16,18). The molecule has 0 radical (unpaired) electrons. The Hall–Kier alpha value is -1.84. The van der Waals surface area contributed by atoms with Gasteiger partial charge >= 0.3 is 0 Å². The van der Waals surface area contributed by atoms with Crippen molar-refractivity contribution < 1.29 is 9.59 Å². The lowest BCUT2D eigenvalue weighted by atomic mass is 10.0. The Labute approximate surface area is 112 Å². The molecule has 2 fully saturated rings. The maximum atomic E-state index is 12.5. The molecule has 1 aliphatic heterocycles. The molecule has 0 aromatic heterocycles. The predicted molar refractivity (Wildman–Crippen MR) is 71.2 cm³/mol. The highest BCUT2D eigenvalue weighted by Gasteiger charge is 2.43. The average Bonchev–Trinajstić information content (AvgIpc) is 3.12. The number of nitrogens with one attached hydrogen (secondary N) is 1. The topological polar surface area (TPSA) is 49.4 Å². The summed E-state index contributed by atoms with van der Waals surface area (Å²) in [5.74, 6) is -0.0587. The summed E-state index contributed by atoms with van der Waals surface area (Å²) in [4.78, 5) is 26.0. The second kappa shape index (κ2) is 4.37. The molecule has 1 saturated carbocycles. The van der Waals surface area contributed by atoms with Crippen LogP contribution >= 0.6 is 0 Å². The van der Waals surface area contributed by atoms with E-state index in [0.717, 1.165) is 18.4 Å². The maximum absolute atomic E-state index is 12.5. The highest BCUT2D eigenvalue weighted by molar-refractivity contribution is 5.95. The monoisotopic (exact) mass is 258 g/mol. The van der Waals surface area contributed by atoms with E-state index in [2.05, 4.69) is 12.2 Å². The quantitative estimate of drug-likeness (QED) is 0.893. The van der Waals surface area contributed by atoms with Gasteiger partial charge in [0.2, 0.25) is 11.8 Å². The molecule has 2 aliphatic rings. The van der Waals surface area contributed by atoms with E-state index < -0.39 is 6.04 Å². The van der Waals surface area contributed by atoms with Gasteiger partial charge in [-0.2, -0.15) is 0 Å². The maximum Gasteiger partial charge on any atom is 0.250 e. The lowest BCUT2D eigenvalue weighted by Gasteiger charge is -2.34. The second-order valence-corrected chi connectivity index (χ2v) is 5.92. The van der Waals surface area contributed by atoms with Crippen molar-refractivity contribution in [1.29, 1.82) is 0 Å². The van der Waals surface area contributed by atoms with Crippen LogP contribution in [0.4, 0.5) is 0 Å². The number of benzene rings is 1. The Bertz CT molecular complexity index is 508. The molecular formula is C15H18N2O2. The summed E-state index contributed by atoms with van der Waals surface area (Å²) in [5.41, 5.74) is 1.08. The number of hydrogen-bond acceptors (Lipinski definition) is 2. The predicted octanol–water partition coefficient (Wildman–Crippen LogP) is 1.49. The molecule has 4 heteroatoms. The SMILES string of the molecule is CC1(CN2CC(=O)NC(c3ccccc3)C2=O)CC1. The van der Waals surface area contributed by atoms with Gasteiger partial charge < -0.3 is 10.2 Å². The first-order chi connectivity index (χ1) is 9.07. The van der Waals surface area contributed by atoms with Gasteiger partial charge in [0.1, 0.15) is 6.04 Å². The van der Waals surface area contributed by atoms with Gasteiger partial charge in [0.05, 0.1) is 6.54 Å². The van der Waals surface area contributed by atoms with Crippen molar-refractivity contribution in [2.24, 2.45) is 5.41 Å². The zero-order chi connectivity index (χ0) is 13.5. The third kappa shape index (κ3) is 2.48. The Morgan fingerprint density at radius 2 is 1.95 bits per heavy atom. The van der Waals surface area contributed by atoms with E-state index >= 15 is 0 Å². The van der Waals surface area contributed by atoms with Gasteiger partial charge in [-0.25, -0.2) is 0 Å². The van der Waals surface area contributed by atoms with Crippen molar-refractivity contribution in [3.8, 4) is 0 Å². The van der Waals surface area contributed by atoms with Gasteiger partial charge in [-0.05, 0) is 23.8 Å². The number of hydrogen-bond donors (Lipinski definition) is 1. The van der Waals surface area contributed by atoms with Crippen molar-refractivity contribution in [3.05, 3.63) is 35.9 Å². The summed E-state index contributed by atoms with van der Waals surface area (Å²) in [6, 6.07) is 8.91. The van der Waals surface area contributed by atoms with Crippen LogP contribution in [0.2, 0.25) is 0 Å². The van der Waals surface area contributed by atoms with E-state index in [-0.39, 0.29) is 23.8 Å². The minimum absolute atomic E-state index is 0.0129. The third-order valence-electron chi connectivity index (χ3n) is 4.01. The lowest BCUT2D eigenvalue weighted by Crippen LogP contribution is -2.54. The molecule has 1 aliphatic carbocycles. The minimum Gasteiger partial charge on any atom is -0.339 e. The van der Waals surface area contributed by atoms with Crippen LogP contribution < -0.4 is 5.32 Å². The van der Waals surface area contributed by atoms with E-state index in [4.69, 9.17) is 0 Å². The second-order valence-electron chi connectivity index (χ2n) is 5.92. The van der Waals surface area contributed by atoms with Crippen LogP contribution in [-0.2, 0) is 9.59 Å². The molecule has 2 amide bonds. The molecule has 1 aromatic carbocycles. The van der Waals surface area contributed by atoms with Crippen molar-refractivity contribution in [2.75, 3.05) is 13.1 Å². The highest BCUT2D eigenvalue weighted by atomic mass is 16.2. The van der Waals surface area contributed by atoms with Crippen LogP contribution in [0.25, 0.3) is 0 Å². The van der Waals surface area contributed by atoms with Crippen LogP contribution in [-0.4, -0.2) is 29.8 Å². The van der Waals surface area contributed by atoms with Gasteiger partial charge in [0.25, 0.3) is 0 Å². The number of piperazine rings is 1. The van der Waals surface area contributed by atoms with Gasteiger partial charge in [0.15, 0.2) is 0 Å². The fraction of sp³-hybridized carbons (Fsp3) is 0.467. The Balaban J connectivity index is 1.81. The first kappa shape index (κ1) is 12.2. The fourth-order valence-corrected chi connectivity index (χ4v) is 2.54. The fourth-order valence-electron chi connectivity index (χ4n) is 2.54.